The van der Waals surface area contributed by atoms with Crippen molar-refractivity contribution >= 4 is 23.5 Å². The Bertz CT molecular complexity index is 1450. The van der Waals surface area contributed by atoms with E-state index in [2.05, 4.69) is 44.9 Å². The minimum Gasteiger partial charge on any atom is -0.343 e. The number of hydrogen-bond donors (Lipinski definition) is 2. The quantitative estimate of drug-likeness (QED) is 0.346. The molecule has 44 heavy (non-hydrogen) atoms. The Hall–Kier alpha value is -3.86. The Morgan fingerprint density at radius 2 is 1.82 bits per heavy atom. The monoisotopic (exact) mass is 605 g/mol. The number of benzene rings is 1. The molecule has 0 unspecified atom stereocenters. The number of nitrogens with one attached hydrogen (secondary N) is 2. The first-order chi connectivity index (χ1) is 21.2. The van der Waals surface area contributed by atoms with Gasteiger partial charge in [0.2, 0.25) is 17.6 Å². The number of nitrogens with zero attached hydrogens (tertiary/aromatic N) is 5. The van der Waals surface area contributed by atoms with E-state index in [-0.39, 0.29) is 41.2 Å². The highest BCUT2D eigenvalue weighted by atomic mass is 19.1. The van der Waals surface area contributed by atoms with Crippen LogP contribution in [0.3, 0.4) is 0 Å². The van der Waals surface area contributed by atoms with E-state index in [1.165, 1.54) is 16.8 Å². The van der Waals surface area contributed by atoms with Crippen LogP contribution in [0.5, 0.6) is 0 Å². The van der Waals surface area contributed by atoms with Crippen LogP contribution in [0.2, 0.25) is 0 Å². The lowest BCUT2D eigenvalue weighted by atomic mass is 9.83. The normalized spacial score (nSPS) is 18.7. The van der Waals surface area contributed by atoms with Gasteiger partial charge in [-0.3, -0.25) is 18.8 Å². The first-order valence-electron chi connectivity index (χ1n) is 15.9. The van der Waals surface area contributed by atoms with Gasteiger partial charge in [0.15, 0.2) is 5.82 Å². The molecule has 1 aromatic carbocycles. The van der Waals surface area contributed by atoms with E-state index in [4.69, 9.17) is 0 Å². The SMILES string of the molecule is CN[C@@H](C)C(=O)N[C@H](C(=O)N1CCC[C@H]1CN(CCc1ccc(C)cc1)C(=O)c1cn2cc(F)cnc2n1)C1CCCCC1. The zero-order chi connectivity index (χ0) is 31.2. The molecule has 1 saturated heterocycles. The fourth-order valence-corrected chi connectivity index (χ4v) is 6.43. The molecule has 2 fully saturated rings. The van der Waals surface area contributed by atoms with E-state index in [0.29, 0.717) is 26.1 Å². The van der Waals surface area contributed by atoms with E-state index >= 15 is 0 Å². The molecule has 2 N–H and O–H groups in total. The van der Waals surface area contributed by atoms with E-state index in [0.717, 1.165) is 62.3 Å². The van der Waals surface area contributed by atoms with Crippen LogP contribution in [0.4, 0.5) is 4.39 Å². The third-order valence-corrected chi connectivity index (χ3v) is 9.18. The molecule has 1 aliphatic heterocycles. The molecule has 0 bridgehead atoms. The van der Waals surface area contributed by atoms with Crippen molar-refractivity contribution in [3.05, 3.63) is 65.5 Å². The molecule has 1 saturated carbocycles. The van der Waals surface area contributed by atoms with Gasteiger partial charge in [0.1, 0.15) is 11.7 Å². The van der Waals surface area contributed by atoms with Crippen molar-refractivity contribution in [1.82, 2.24) is 34.8 Å². The van der Waals surface area contributed by atoms with Crippen LogP contribution < -0.4 is 10.6 Å². The summed E-state index contributed by atoms with van der Waals surface area (Å²) >= 11 is 0. The van der Waals surface area contributed by atoms with Crippen LogP contribution >= 0.6 is 0 Å². The number of carbonyl (C=O) groups is 3. The minimum absolute atomic E-state index is 0.0607. The Kier molecular flexibility index (Phi) is 10.2. The second-order valence-corrected chi connectivity index (χ2v) is 12.3. The first kappa shape index (κ1) is 31.6. The minimum atomic E-state index is -0.588. The number of imidazole rings is 1. The fraction of sp³-hybridized carbons (Fsp3) is 0.545. The van der Waals surface area contributed by atoms with E-state index in [1.54, 1.807) is 18.9 Å². The number of fused-ring (bicyclic) bond motifs is 1. The summed E-state index contributed by atoms with van der Waals surface area (Å²) in [6, 6.07) is 7.03. The lowest BCUT2D eigenvalue weighted by molar-refractivity contribution is -0.139. The predicted molar refractivity (Wildman–Crippen MR) is 165 cm³/mol. The molecule has 1 aliphatic carbocycles. The number of likely N-dealkylation sites (N-methyl/N-ethyl adjacent to an activating group) is 1. The Labute approximate surface area is 258 Å². The van der Waals surface area contributed by atoms with Crippen LogP contribution in [0, 0.1) is 18.7 Å². The van der Waals surface area contributed by atoms with Crippen LogP contribution in [-0.4, -0.2) is 86.7 Å². The molecule has 3 heterocycles. The molecule has 5 rings (SSSR count). The fourth-order valence-electron chi connectivity index (χ4n) is 6.43. The van der Waals surface area contributed by atoms with Gasteiger partial charge in [0.25, 0.3) is 5.91 Å². The Morgan fingerprint density at radius 3 is 2.55 bits per heavy atom. The van der Waals surface area contributed by atoms with Gasteiger partial charge in [-0.25, -0.2) is 14.4 Å². The van der Waals surface area contributed by atoms with Gasteiger partial charge in [-0.05, 0) is 64.5 Å². The number of amides is 3. The van der Waals surface area contributed by atoms with Crippen molar-refractivity contribution in [1.29, 1.82) is 0 Å². The van der Waals surface area contributed by atoms with Gasteiger partial charge < -0.3 is 20.4 Å². The number of aromatic nitrogens is 3. The van der Waals surface area contributed by atoms with Crippen LogP contribution in [0.1, 0.15) is 73.5 Å². The number of carbonyl (C=O) groups excluding carboxylic acids is 3. The number of aryl methyl sites for hydroxylation is 1. The van der Waals surface area contributed by atoms with E-state index < -0.39 is 17.9 Å². The second kappa shape index (κ2) is 14.3. The maximum absolute atomic E-state index is 14.2. The molecular weight excluding hydrogens is 561 g/mol. The Balaban J connectivity index is 1.37. The van der Waals surface area contributed by atoms with Crippen LogP contribution in [0.25, 0.3) is 5.78 Å². The highest BCUT2D eigenvalue weighted by molar-refractivity contribution is 5.93. The molecule has 2 aliphatic rings. The lowest BCUT2D eigenvalue weighted by Crippen LogP contribution is -2.57. The molecular formula is C33H44FN7O3. The van der Waals surface area contributed by atoms with Gasteiger partial charge in [0.05, 0.1) is 12.2 Å². The van der Waals surface area contributed by atoms with Crippen LogP contribution in [-0.2, 0) is 16.0 Å². The molecule has 10 nitrogen and oxygen atoms in total. The highest BCUT2D eigenvalue weighted by Gasteiger charge is 2.39. The summed E-state index contributed by atoms with van der Waals surface area (Å²) in [6.07, 6.45) is 11.1. The summed E-state index contributed by atoms with van der Waals surface area (Å²) in [5, 5.41) is 6.06. The van der Waals surface area contributed by atoms with Crippen molar-refractivity contribution in [2.75, 3.05) is 26.7 Å². The summed E-state index contributed by atoms with van der Waals surface area (Å²) < 4.78 is 15.2. The molecule has 236 valence electrons. The zero-order valence-corrected chi connectivity index (χ0v) is 26.0. The van der Waals surface area contributed by atoms with Gasteiger partial charge in [0, 0.05) is 38.1 Å². The average molecular weight is 606 g/mol. The van der Waals surface area contributed by atoms with Crippen LogP contribution in [0.15, 0.2) is 42.9 Å². The van der Waals surface area contributed by atoms with Gasteiger partial charge in [-0.2, -0.15) is 0 Å². The molecule has 3 aromatic rings. The molecule has 0 spiro atoms. The zero-order valence-electron chi connectivity index (χ0n) is 26.0. The molecule has 3 atom stereocenters. The summed E-state index contributed by atoms with van der Waals surface area (Å²) in [7, 11) is 1.73. The third-order valence-electron chi connectivity index (χ3n) is 9.18. The predicted octanol–water partition coefficient (Wildman–Crippen LogP) is 3.53. The summed E-state index contributed by atoms with van der Waals surface area (Å²) in [5.41, 5.74) is 2.44. The van der Waals surface area contributed by atoms with Gasteiger partial charge in [-0.1, -0.05) is 49.1 Å². The van der Waals surface area contributed by atoms with Crippen molar-refractivity contribution in [3.8, 4) is 0 Å². The number of likely N-dealkylation sites (tertiary alicyclic amines) is 1. The van der Waals surface area contributed by atoms with Crippen molar-refractivity contribution < 1.29 is 18.8 Å². The lowest BCUT2D eigenvalue weighted by Gasteiger charge is -2.37. The average Bonchev–Trinajstić information content (AvgIpc) is 3.68. The highest BCUT2D eigenvalue weighted by Crippen LogP contribution is 2.30. The first-order valence-corrected chi connectivity index (χ1v) is 15.9. The molecule has 3 amide bonds. The summed E-state index contributed by atoms with van der Waals surface area (Å²) in [5.74, 6) is -0.715. The standard InChI is InChI=1S/C33H44FN7O3/c1-22-11-13-24(14-12-22)15-17-39(31(43)28-21-40-19-26(34)18-36-33(40)37-28)20-27-10-7-16-41(27)32(44)29(25-8-5-4-6-9-25)38-30(42)23(2)35-3/h11-14,18-19,21,23,25,27,29,35H,4-10,15-17,20H2,1-3H3,(H,38,42)/t23-,27-,29-/m0/s1. The van der Waals surface area contributed by atoms with Gasteiger partial charge in [-0.15, -0.1) is 0 Å². The maximum atomic E-state index is 14.2. The molecule has 11 heteroatoms. The topological polar surface area (TPSA) is 112 Å². The smallest absolute Gasteiger partial charge is 0.274 e. The van der Waals surface area contributed by atoms with E-state index in [9.17, 15) is 18.8 Å². The molecule has 0 radical (unpaired) electrons. The van der Waals surface area contributed by atoms with Crippen molar-refractivity contribution in [2.24, 2.45) is 5.92 Å². The van der Waals surface area contributed by atoms with E-state index in [1.807, 2.05) is 11.8 Å². The summed E-state index contributed by atoms with van der Waals surface area (Å²) in [6.45, 7) is 5.18. The third kappa shape index (κ3) is 7.43. The number of hydrogen-bond acceptors (Lipinski definition) is 6. The largest absolute Gasteiger partial charge is 0.343 e. The maximum Gasteiger partial charge on any atom is 0.274 e. The number of halogens is 1. The summed E-state index contributed by atoms with van der Waals surface area (Å²) in [4.78, 5) is 53.1. The van der Waals surface area contributed by atoms with Crippen molar-refractivity contribution in [3.63, 3.8) is 0 Å². The Morgan fingerprint density at radius 1 is 1.07 bits per heavy atom. The van der Waals surface area contributed by atoms with Gasteiger partial charge >= 0.3 is 0 Å². The molecule has 2 aromatic heterocycles. The second-order valence-electron chi connectivity index (χ2n) is 12.3. The number of rotatable bonds is 11. The van der Waals surface area contributed by atoms with Crippen molar-refractivity contribution in [2.45, 2.75) is 83.3 Å².